The van der Waals surface area contributed by atoms with E-state index >= 15 is 0 Å². The molecule has 0 unspecified atom stereocenters. The molecule has 3 aromatic heterocycles. The molecule has 4 aromatic rings. The second-order valence-corrected chi connectivity index (χ2v) is 8.14. The average Bonchev–Trinajstić information content (AvgIpc) is 3.21. The van der Waals surface area contributed by atoms with Gasteiger partial charge in [-0.25, -0.2) is 4.98 Å². The summed E-state index contributed by atoms with van der Waals surface area (Å²) in [6, 6.07) is 10.8. The highest BCUT2D eigenvalue weighted by molar-refractivity contribution is 7.24. The van der Waals surface area contributed by atoms with E-state index in [0.29, 0.717) is 0 Å². The number of aromatic nitrogens is 1. The van der Waals surface area contributed by atoms with Gasteiger partial charge in [-0.05, 0) is 39.3 Å². The molecule has 24 heavy (non-hydrogen) atoms. The van der Waals surface area contributed by atoms with Gasteiger partial charge in [0.1, 0.15) is 11.5 Å². The van der Waals surface area contributed by atoms with E-state index in [4.69, 9.17) is 9.40 Å². The minimum absolute atomic E-state index is 0.959. The van der Waals surface area contributed by atoms with Crippen LogP contribution in [0.15, 0.2) is 34.7 Å². The Bertz CT molecular complexity index is 1040. The molecular formula is C20H19NOS2. The first-order valence-corrected chi connectivity index (χ1v) is 9.77. The summed E-state index contributed by atoms with van der Waals surface area (Å²) in [5.41, 5.74) is 3.64. The third-order valence-electron chi connectivity index (χ3n) is 4.25. The third-order valence-corrected chi connectivity index (χ3v) is 6.77. The van der Waals surface area contributed by atoms with Crippen LogP contribution in [0.25, 0.3) is 31.0 Å². The molecule has 0 bridgehead atoms. The molecule has 0 radical (unpaired) electrons. The molecule has 2 nitrogen and oxygen atoms in total. The molecule has 0 aliphatic carbocycles. The molecule has 0 saturated carbocycles. The Hall–Kier alpha value is -1.91. The maximum Gasteiger partial charge on any atom is 0.109 e. The Balaban J connectivity index is 2.07. The largest absolute Gasteiger partial charge is 0.466 e. The summed E-state index contributed by atoms with van der Waals surface area (Å²) in [5.74, 6) is 1.94. The number of hydrogen-bond donors (Lipinski definition) is 0. The van der Waals surface area contributed by atoms with E-state index < -0.39 is 0 Å². The van der Waals surface area contributed by atoms with Crippen LogP contribution in [0.1, 0.15) is 29.1 Å². The smallest absolute Gasteiger partial charge is 0.109 e. The minimum atomic E-state index is 0.959. The summed E-state index contributed by atoms with van der Waals surface area (Å²) in [4.78, 5) is 7.34. The third kappa shape index (κ3) is 2.41. The molecule has 0 saturated heterocycles. The zero-order chi connectivity index (χ0) is 16.8. The molecule has 0 fully saturated rings. The number of hydrogen-bond acceptors (Lipinski definition) is 4. The van der Waals surface area contributed by atoms with Crippen LogP contribution >= 0.6 is 22.7 Å². The Kier molecular flexibility index (Phi) is 3.82. The van der Waals surface area contributed by atoms with Gasteiger partial charge in [0.15, 0.2) is 0 Å². The Morgan fingerprint density at radius 1 is 1.04 bits per heavy atom. The van der Waals surface area contributed by atoms with Crippen molar-refractivity contribution in [2.24, 2.45) is 0 Å². The van der Waals surface area contributed by atoms with Gasteiger partial charge < -0.3 is 4.42 Å². The van der Waals surface area contributed by atoms with Gasteiger partial charge in [-0.2, -0.15) is 0 Å². The SMILES string of the molecule is CCc1nc(C)c(-c2c(-c3cc(C)oc3C)sc3ccccc23)s1. The fourth-order valence-corrected chi connectivity index (χ4v) is 5.56. The number of furan rings is 1. The second-order valence-electron chi connectivity index (χ2n) is 6.00. The van der Waals surface area contributed by atoms with Crippen LogP contribution in [0.5, 0.6) is 0 Å². The summed E-state index contributed by atoms with van der Waals surface area (Å²) in [7, 11) is 0. The van der Waals surface area contributed by atoms with Gasteiger partial charge in [0.2, 0.25) is 0 Å². The van der Waals surface area contributed by atoms with E-state index in [1.54, 1.807) is 0 Å². The van der Waals surface area contributed by atoms with Crippen molar-refractivity contribution in [2.75, 3.05) is 0 Å². The number of benzene rings is 1. The topological polar surface area (TPSA) is 26.0 Å². The van der Waals surface area contributed by atoms with Crippen molar-refractivity contribution < 1.29 is 4.42 Å². The lowest BCUT2D eigenvalue weighted by Crippen LogP contribution is -1.81. The van der Waals surface area contributed by atoms with Crippen LogP contribution < -0.4 is 0 Å². The van der Waals surface area contributed by atoms with Gasteiger partial charge in [-0.1, -0.05) is 25.1 Å². The first-order valence-electron chi connectivity index (χ1n) is 8.14. The minimum Gasteiger partial charge on any atom is -0.466 e. The van der Waals surface area contributed by atoms with Crippen molar-refractivity contribution in [3.8, 4) is 20.9 Å². The highest BCUT2D eigenvalue weighted by Gasteiger charge is 2.22. The monoisotopic (exact) mass is 353 g/mol. The normalized spacial score (nSPS) is 11.5. The average molecular weight is 354 g/mol. The highest BCUT2D eigenvalue weighted by Crippen LogP contribution is 2.48. The van der Waals surface area contributed by atoms with Crippen LogP contribution in [0.4, 0.5) is 0 Å². The van der Waals surface area contributed by atoms with Crippen molar-refractivity contribution in [2.45, 2.75) is 34.1 Å². The van der Waals surface area contributed by atoms with Gasteiger partial charge in [0, 0.05) is 26.1 Å². The van der Waals surface area contributed by atoms with Crippen LogP contribution in [0.2, 0.25) is 0 Å². The molecule has 0 N–H and O–H groups in total. The number of rotatable bonds is 3. The summed E-state index contributed by atoms with van der Waals surface area (Å²) in [6.45, 7) is 8.34. The fourth-order valence-electron chi connectivity index (χ4n) is 3.15. The Labute approximate surface area is 149 Å². The fraction of sp³-hybridized carbons (Fsp3) is 0.250. The zero-order valence-corrected chi connectivity index (χ0v) is 15.9. The van der Waals surface area contributed by atoms with Gasteiger partial charge >= 0.3 is 0 Å². The molecule has 122 valence electrons. The maximum atomic E-state index is 5.81. The lowest BCUT2D eigenvalue weighted by Gasteiger charge is -2.03. The Morgan fingerprint density at radius 3 is 2.50 bits per heavy atom. The van der Waals surface area contributed by atoms with Crippen molar-refractivity contribution in [3.63, 3.8) is 0 Å². The summed E-state index contributed by atoms with van der Waals surface area (Å²) < 4.78 is 7.12. The lowest BCUT2D eigenvalue weighted by molar-refractivity contribution is 0.505. The van der Waals surface area contributed by atoms with Crippen molar-refractivity contribution >= 4 is 32.8 Å². The van der Waals surface area contributed by atoms with Crippen LogP contribution in [-0.4, -0.2) is 4.98 Å². The van der Waals surface area contributed by atoms with Crippen molar-refractivity contribution in [1.82, 2.24) is 4.98 Å². The van der Waals surface area contributed by atoms with Gasteiger partial charge in [0.25, 0.3) is 0 Å². The molecule has 4 rings (SSSR count). The van der Waals surface area contributed by atoms with Gasteiger partial charge in [-0.3, -0.25) is 0 Å². The van der Waals surface area contributed by atoms with E-state index in [-0.39, 0.29) is 0 Å². The molecule has 0 aliphatic heterocycles. The highest BCUT2D eigenvalue weighted by atomic mass is 32.1. The molecule has 4 heteroatoms. The molecule has 0 aliphatic rings. The zero-order valence-electron chi connectivity index (χ0n) is 14.3. The first kappa shape index (κ1) is 15.6. The van der Waals surface area contributed by atoms with Crippen LogP contribution in [-0.2, 0) is 6.42 Å². The predicted molar refractivity (Wildman–Crippen MR) is 104 cm³/mol. The van der Waals surface area contributed by atoms with Gasteiger partial charge in [0.05, 0.1) is 15.6 Å². The number of fused-ring (bicyclic) bond motifs is 1. The van der Waals surface area contributed by atoms with Crippen LogP contribution in [0.3, 0.4) is 0 Å². The van der Waals surface area contributed by atoms with E-state index in [1.165, 1.54) is 36.0 Å². The molecular weight excluding hydrogens is 334 g/mol. The van der Waals surface area contributed by atoms with E-state index in [9.17, 15) is 0 Å². The van der Waals surface area contributed by atoms with Crippen molar-refractivity contribution in [3.05, 3.63) is 52.6 Å². The number of thiophene rings is 1. The molecule has 3 heterocycles. The maximum absolute atomic E-state index is 5.81. The first-order chi connectivity index (χ1) is 11.6. The van der Waals surface area contributed by atoms with Gasteiger partial charge in [-0.15, -0.1) is 22.7 Å². The van der Waals surface area contributed by atoms with E-state index in [2.05, 4.69) is 44.2 Å². The molecule has 1 aromatic carbocycles. The number of nitrogens with zero attached hydrogens (tertiary/aromatic N) is 1. The molecule has 0 spiro atoms. The summed E-state index contributed by atoms with van der Waals surface area (Å²) >= 11 is 3.66. The number of aryl methyl sites for hydroxylation is 4. The van der Waals surface area contributed by atoms with Crippen LogP contribution in [0, 0.1) is 20.8 Å². The quantitative estimate of drug-likeness (QED) is 0.406. The molecule has 0 atom stereocenters. The Morgan fingerprint density at radius 2 is 1.83 bits per heavy atom. The molecule has 0 amide bonds. The van der Waals surface area contributed by atoms with E-state index in [0.717, 1.165) is 23.6 Å². The second kappa shape index (κ2) is 5.87. The summed E-state index contributed by atoms with van der Waals surface area (Å²) in [6.07, 6.45) is 0.979. The number of thiazole rings is 1. The lowest BCUT2D eigenvalue weighted by atomic mass is 10.0. The van der Waals surface area contributed by atoms with Crippen molar-refractivity contribution in [1.29, 1.82) is 0 Å². The van der Waals surface area contributed by atoms with E-state index in [1.807, 2.05) is 36.5 Å². The standard InChI is InChI=1S/C20H19NOS2/c1-5-17-21-12(3)19(24-17)18-14-8-6-7-9-16(14)23-20(18)15-10-11(2)22-13(15)4/h6-10H,5H2,1-4H3. The summed E-state index contributed by atoms with van der Waals surface area (Å²) in [5, 5.41) is 2.51. The predicted octanol–water partition coefficient (Wildman–Crippen LogP) is 6.77.